The number of ether oxygens (including phenoxy) is 2. The molecule has 0 aromatic heterocycles. The third-order valence-electron chi connectivity index (χ3n) is 3.28. The summed E-state index contributed by atoms with van der Waals surface area (Å²) in [6.07, 6.45) is -1.28. The van der Waals surface area contributed by atoms with Crippen molar-refractivity contribution in [1.82, 2.24) is 0 Å². The molecule has 0 saturated heterocycles. The van der Waals surface area contributed by atoms with E-state index in [1.807, 2.05) is 0 Å². The van der Waals surface area contributed by atoms with Crippen molar-refractivity contribution >= 4 is 23.1 Å². The molecule has 2 aromatic rings. The summed E-state index contributed by atoms with van der Waals surface area (Å²) in [5.41, 5.74) is 1.64. The van der Waals surface area contributed by atoms with Crippen LogP contribution in [0.3, 0.4) is 0 Å². The molecule has 1 aliphatic carbocycles. The van der Waals surface area contributed by atoms with Crippen LogP contribution in [-0.4, -0.2) is 22.5 Å². The molecule has 0 radical (unpaired) electrons. The Morgan fingerprint density at radius 3 is 2.45 bits per heavy atom. The van der Waals surface area contributed by atoms with Gasteiger partial charge in [-0.25, -0.2) is 9.59 Å². The van der Waals surface area contributed by atoms with Crippen molar-refractivity contribution in [2.45, 2.75) is 12.8 Å². The lowest BCUT2D eigenvalue weighted by Crippen LogP contribution is -2.05. The highest BCUT2D eigenvalue weighted by molar-refractivity contribution is 5.92. The first-order valence-corrected chi connectivity index (χ1v) is 5.94. The minimum absolute atomic E-state index is 0.232. The minimum Gasteiger partial charge on any atom is -0.449 e. The highest BCUT2D eigenvalue weighted by Crippen LogP contribution is 2.40. The fourth-order valence-corrected chi connectivity index (χ4v) is 2.58. The lowest BCUT2D eigenvalue weighted by molar-refractivity contribution is 0.143. The Kier molecular flexibility index (Phi) is 2.71. The minimum atomic E-state index is -1.37. The summed E-state index contributed by atoms with van der Waals surface area (Å²) in [6.45, 7) is 0. The predicted octanol–water partition coefficient (Wildman–Crippen LogP) is 3.05. The fourth-order valence-electron chi connectivity index (χ4n) is 2.58. The van der Waals surface area contributed by atoms with Gasteiger partial charge in [0, 0.05) is 5.56 Å². The number of hydrogen-bond acceptors (Lipinski definition) is 4. The molecule has 2 bridgehead atoms. The number of fused-ring (bicyclic) bond motifs is 4. The van der Waals surface area contributed by atoms with Crippen LogP contribution in [-0.2, 0) is 12.8 Å². The summed E-state index contributed by atoms with van der Waals surface area (Å²) in [7, 11) is 0. The zero-order valence-electron chi connectivity index (χ0n) is 10.3. The predicted molar refractivity (Wildman–Crippen MR) is 68.7 cm³/mol. The fraction of sp³-hybridized carbons (Fsp3) is 0.143. The van der Waals surface area contributed by atoms with Crippen LogP contribution in [0, 0.1) is 0 Å². The maximum absolute atomic E-state index is 10.7. The van der Waals surface area contributed by atoms with Crippen LogP contribution in [0.5, 0.6) is 11.5 Å². The van der Waals surface area contributed by atoms with Crippen molar-refractivity contribution in [1.29, 1.82) is 0 Å². The Labute approximate surface area is 113 Å². The lowest BCUT2D eigenvalue weighted by Gasteiger charge is -2.09. The highest BCUT2D eigenvalue weighted by atomic mass is 16.7. The molecule has 0 atom stereocenters. The first-order valence-electron chi connectivity index (χ1n) is 5.94. The van der Waals surface area contributed by atoms with E-state index in [2.05, 4.69) is 4.74 Å². The van der Waals surface area contributed by atoms with E-state index in [1.165, 1.54) is 6.07 Å². The van der Waals surface area contributed by atoms with Crippen LogP contribution in [0.15, 0.2) is 24.3 Å². The van der Waals surface area contributed by atoms with Crippen molar-refractivity contribution in [3.63, 3.8) is 0 Å². The maximum atomic E-state index is 10.7. The van der Waals surface area contributed by atoms with Crippen LogP contribution >= 0.6 is 0 Å². The summed E-state index contributed by atoms with van der Waals surface area (Å²) in [6, 6.07) is 6.67. The third-order valence-corrected chi connectivity index (χ3v) is 3.28. The SMILES string of the molecule is O=C(O)Oc1ccc2c3c(OC(=O)O)c(cc2c1)CC3. The van der Waals surface area contributed by atoms with Crippen molar-refractivity contribution in [2.75, 3.05) is 0 Å². The van der Waals surface area contributed by atoms with Crippen molar-refractivity contribution in [3.8, 4) is 11.5 Å². The summed E-state index contributed by atoms with van der Waals surface area (Å²) < 4.78 is 9.44. The van der Waals surface area contributed by atoms with E-state index < -0.39 is 12.3 Å². The smallest absolute Gasteiger partial charge is 0.449 e. The highest BCUT2D eigenvalue weighted by Gasteiger charge is 2.23. The molecule has 0 saturated carbocycles. The molecule has 2 N–H and O–H groups in total. The first-order chi connectivity index (χ1) is 9.54. The number of carboxylic acid groups (broad SMARTS) is 2. The summed E-state index contributed by atoms with van der Waals surface area (Å²) >= 11 is 0. The Balaban J connectivity index is 2.12. The monoisotopic (exact) mass is 274 g/mol. The van der Waals surface area contributed by atoms with E-state index in [1.54, 1.807) is 18.2 Å². The van der Waals surface area contributed by atoms with Gasteiger partial charge in [-0.3, -0.25) is 0 Å². The molecule has 3 rings (SSSR count). The average Bonchev–Trinajstić information content (AvgIpc) is 2.63. The molecule has 0 aliphatic heterocycles. The molecule has 0 spiro atoms. The molecular weight excluding hydrogens is 264 g/mol. The quantitative estimate of drug-likeness (QED) is 0.645. The van der Waals surface area contributed by atoms with Gasteiger partial charge in [-0.15, -0.1) is 0 Å². The van der Waals surface area contributed by atoms with Gasteiger partial charge < -0.3 is 19.7 Å². The second kappa shape index (κ2) is 4.41. The van der Waals surface area contributed by atoms with Gasteiger partial charge >= 0.3 is 12.3 Å². The van der Waals surface area contributed by atoms with Gasteiger partial charge in [0.05, 0.1) is 0 Å². The van der Waals surface area contributed by atoms with Gasteiger partial charge in [0.15, 0.2) is 0 Å². The van der Waals surface area contributed by atoms with E-state index in [0.717, 1.165) is 21.9 Å². The Morgan fingerprint density at radius 1 is 1.00 bits per heavy atom. The summed E-state index contributed by atoms with van der Waals surface area (Å²) in [5.74, 6) is 0.632. The van der Waals surface area contributed by atoms with Gasteiger partial charge in [-0.05, 0) is 47.4 Å². The van der Waals surface area contributed by atoms with E-state index in [4.69, 9.17) is 14.9 Å². The van der Waals surface area contributed by atoms with Crippen LogP contribution in [0.4, 0.5) is 9.59 Å². The Morgan fingerprint density at radius 2 is 1.75 bits per heavy atom. The summed E-state index contributed by atoms with van der Waals surface area (Å²) in [5, 5.41) is 19.0. The van der Waals surface area contributed by atoms with E-state index in [9.17, 15) is 9.59 Å². The third kappa shape index (κ3) is 2.01. The Bertz CT molecular complexity index is 734. The van der Waals surface area contributed by atoms with E-state index in [0.29, 0.717) is 18.6 Å². The molecular formula is C14H10O6. The molecule has 0 unspecified atom stereocenters. The number of rotatable bonds is 2. The van der Waals surface area contributed by atoms with Gasteiger partial charge in [0.1, 0.15) is 11.5 Å². The van der Waals surface area contributed by atoms with Gasteiger partial charge in [-0.2, -0.15) is 0 Å². The van der Waals surface area contributed by atoms with Crippen LogP contribution < -0.4 is 9.47 Å². The number of benzene rings is 2. The average molecular weight is 274 g/mol. The van der Waals surface area contributed by atoms with Crippen molar-refractivity contribution in [2.24, 2.45) is 0 Å². The molecule has 20 heavy (non-hydrogen) atoms. The lowest BCUT2D eigenvalue weighted by atomic mass is 10.0. The van der Waals surface area contributed by atoms with Gasteiger partial charge in [0.25, 0.3) is 0 Å². The van der Waals surface area contributed by atoms with Gasteiger partial charge in [-0.1, -0.05) is 6.07 Å². The van der Waals surface area contributed by atoms with Crippen LogP contribution in [0.25, 0.3) is 10.8 Å². The van der Waals surface area contributed by atoms with Crippen LogP contribution in [0.2, 0.25) is 0 Å². The number of carbonyl (C=O) groups is 2. The van der Waals surface area contributed by atoms with Crippen LogP contribution in [0.1, 0.15) is 11.1 Å². The topological polar surface area (TPSA) is 93.1 Å². The summed E-state index contributed by atoms with van der Waals surface area (Å²) in [4.78, 5) is 21.2. The molecule has 102 valence electrons. The zero-order chi connectivity index (χ0) is 14.3. The van der Waals surface area contributed by atoms with Gasteiger partial charge in [0.2, 0.25) is 0 Å². The Hall–Kier alpha value is -2.76. The molecule has 2 aromatic carbocycles. The largest absolute Gasteiger partial charge is 0.511 e. The van der Waals surface area contributed by atoms with E-state index >= 15 is 0 Å². The molecule has 0 amide bonds. The second-order valence-corrected chi connectivity index (χ2v) is 4.46. The number of hydrogen-bond donors (Lipinski definition) is 2. The number of aryl methyl sites for hydroxylation is 2. The molecule has 1 aliphatic rings. The molecule has 0 fully saturated rings. The van der Waals surface area contributed by atoms with Crippen molar-refractivity contribution < 1.29 is 29.3 Å². The van der Waals surface area contributed by atoms with Crippen molar-refractivity contribution in [3.05, 3.63) is 35.4 Å². The zero-order valence-corrected chi connectivity index (χ0v) is 10.3. The second-order valence-electron chi connectivity index (χ2n) is 4.46. The maximum Gasteiger partial charge on any atom is 0.511 e. The standard InChI is InChI=1S/C14H10O6/c15-13(16)19-9-2-4-10-8(6-9)5-7-1-3-11(10)12(7)20-14(17)18/h2,4-6H,1,3H2,(H,15,16)(H,17,18). The molecule has 6 heteroatoms. The first kappa shape index (κ1) is 12.3. The van der Waals surface area contributed by atoms with E-state index in [-0.39, 0.29) is 5.75 Å². The molecule has 0 heterocycles. The normalized spacial score (nSPS) is 12.4. The molecule has 6 nitrogen and oxygen atoms in total.